The van der Waals surface area contributed by atoms with Gasteiger partial charge in [-0.25, -0.2) is 4.39 Å². The first-order chi connectivity index (χ1) is 8.63. The molecule has 4 N–H and O–H groups in total. The first kappa shape index (κ1) is 12.6. The number of nitrogens with two attached hydrogens (primary N) is 1. The predicted molar refractivity (Wildman–Crippen MR) is 70.9 cm³/mol. The Morgan fingerprint density at radius 1 is 1.56 bits per heavy atom. The molecule has 0 aliphatic heterocycles. The average molecular weight is 249 g/mol. The lowest BCUT2D eigenvalue weighted by Crippen LogP contribution is -2.15. The van der Waals surface area contributed by atoms with E-state index in [0.717, 1.165) is 5.39 Å². The fourth-order valence-electron chi connectivity index (χ4n) is 1.75. The van der Waals surface area contributed by atoms with Crippen LogP contribution < -0.4 is 11.1 Å². The summed E-state index contributed by atoms with van der Waals surface area (Å²) in [6, 6.07) is 4.85. The number of hydrogen-bond donors (Lipinski definition) is 3. The topological polar surface area (TPSA) is 71.2 Å². The Morgan fingerprint density at radius 3 is 3.06 bits per heavy atom. The number of benzene rings is 1. The van der Waals surface area contributed by atoms with E-state index >= 15 is 0 Å². The van der Waals surface area contributed by atoms with Crippen molar-refractivity contribution in [3.05, 3.63) is 30.2 Å². The maximum atomic E-state index is 13.9. The molecular formula is C13H16FN3O. The summed E-state index contributed by atoms with van der Waals surface area (Å²) < 4.78 is 13.9. The van der Waals surface area contributed by atoms with Gasteiger partial charge in [0.05, 0.1) is 11.2 Å². The van der Waals surface area contributed by atoms with Crippen molar-refractivity contribution >= 4 is 22.3 Å². The Labute approximate surface area is 105 Å². The van der Waals surface area contributed by atoms with Crippen molar-refractivity contribution in [2.24, 2.45) is 5.92 Å². The summed E-state index contributed by atoms with van der Waals surface area (Å²) in [5.74, 6) is -0.385. The zero-order valence-corrected chi connectivity index (χ0v) is 10.2. The van der Waals surface area contributed by atoms with Gasteiger partial charge >= 0.3 is 0 Å². The standard InChI is InChI=1S/C13H16FN3O/c1-8(7-18)6-17-13-10(14)5-11(15)9-3-2-4-16-12(9)13/h2-5,8,17-18H,6-7,15H2,1H3. The van der Waals surface area contributed by atoms with Crippen LogP contribution in [0.25, 0.3) is 10.9 Å². The molecule has 0 saturated carbocycles. The summed E-state index contributed by atoms with van der Waals surface area (Å²) in [5, 5.41) is 12.7. The predicted octanol–water partition coefficient (Wildman–Crippen LogP) is 2.00. The van der Waals surface area contributed by atoms with E-state index < -0.39 is 5.82 Å². The molecule has 0 radical (unpaired) electrons. The first-order valence-electron chi connectivity index (χ1n) is 5.81. The molecule has 0 saturated heterocycles. The van der Waals surface area contributed by atoms with Crippen molar-refractivity contribution in [2.75, 3.05) is 24.2 Å². The van der Waals surface area contributed by atoms with Crippen LogP contribution in [0.5, 0.6) is 0 Å². The highest BCUT2D eigenvalue weighted by Gasteiger charge is 2.12. The molecule has 0 bridgehead atoms. The Hall–Kier alpha value is -1.88. The molecule has 1 atom stereocenters. The molecule has 1 aromatic carbocycles. The van der Waals surface area contributed by atoms with E-state index in [2.05, 4.69) is 10.3 Å². The largest absolute Gasteiger partial charge is 0.398 e. The van der Waals surface area contributed by atoms with E-state index in [0.29, 0.717) is 23.4 Å². The Kier molecular flexibility index (Phi) is 3.62. The molecule has 0 fully saturated rings. The van der Waals surface area contributed by atoms with Crippen LogP contribution >= 0.6 is 0 Å². The number of nitrogen functional groups attached to an aromatic ring is 1. The molecule has 0 aliphatic carbocycles. The van der Waals surface area contributed by atoms with Gasteiger partial charge in [-0.1, -0.05) is 6.92 Å². The summed E-state index contributed by atoms with van der Waals surface area (Å²) in [5.41, 5.74) is 6.98. The highest BCUT2D eigenvalue weighted by Crippen LogP contribution is 2.29. The zero-order chi connectivity index (χ0) is 13.1. The van der Waals surface area contributed by atoms with E-state index in [9.17, 15) is 4.39 Å². The van der Waals surface area contributed by atoms with Gasteiger partial charge in [-0.05, 0) is 24.1 Å². The van der Waals surface area contributed by atoms with Gasteiger partial charge in [0.1, 0.15) is 0 Å². The maximum Gasteiger partial charge on any atom is 0.150 e. The quantitative estimate of drug-likeness (QED) is 0.725. The van der Waals surface area contributed by atoms with Crippen molar-refractivity contribution < 1.29 is 9.50 Å². The van der Waals surface area contributed by atoms with Gasteiger partial charge in [-0.2, -0.15) is 0 Å². The zero-order valence-electron chi connectivity index (χ0n) is 10.2. The molecule has 18 heavy (non-hydrogen) atoms. The number of nitrogens with one attached hydrogen (secondary N) is 1. The lowest BCUT2D eigenvalue weighted by molar-refractivity contribution is 0.244. The van der Waals surface area contributed by atoms with Crippen molar-refractivity contribution in [1.29, 1.82) is 0 Å². The van der Waals surface area contributed by atoms with Gasteiger partial charge in [-0.3, -0.25) is 4.98 Å². The second-order valence-corrected chi connectivity index (χ2v) is 4.39. The third kappa shape index (κ3) is 2.36. The number of rotatable bonds is 4. The van der Waals surface area contributed by atoms with Gasteiger partial charge in [0.15, 0.2) is 5.82 Å². The van der Waals surface area contributed by atoms with Crippen LogP contribution in [0.1, 0.15) is 6.92 Å². The van der Waals surface area contributed by atoms with Gasteiger partial charge < -0.3 is 16.2 Å². The minimum absolute atomic E-state index is 0.0423. The van der Waals surface area contributed by atoms with Gasteiger partial charge in [0.2, 0.25) is 0 Å². The minimum atomic E-state index is -0.427. The second-order valence-electron chi connectivity index (χ2n) is 4.39. The van der Waals surface area contributed by atoms with E-state index in [1.165, 1.54) is 6.07 Å². The van der Waals surface area contributed by atoms with Crippen LogP contribution in [0.15, 0.2) is 24.4 Å². The smallest absolute Gasteiger partial charge is 0.150 e. The van der Waals surface area contributed by atoms with Crippen LogP contribution in [-0.2, 0) is 0 Å². The number of hydrogen-bond acceptors (Lipinski definition) is 4. The fraction of sp³-hybridized carbons (Fsp3) is 0.308. The minimum Gasteiger partial charge on any atom is -0.398 e. The SMILES string of the molecule is CC(CO)CNc1c(F)cc(N)c2cccnc12. The van der Waals surface area contributed by atoms with Gasteiger partial charge in [-0.15, -0.1) is 0 Å². The van der Waals surface area contributed by atoms with Gasteiger partial charge in [0.25, 0.3) is 0 Å². The highest BCUT2D eigenvalue weighted by atomic mass is 19.1. The molecule has 5 heteroatoms. The molecule has 4 nitrogen and oxygen atoms in total. The highest BCUT2D eigenvalue weighted by molar-refractivity contribution is 5.98. The van der Waals surface area contributed by atoms with Crippen molar-refractivity contribution in [3.63, 3.8) is 0 Å². The Balaban J connectivity index is 2.43. The van der Waals surface area contributed by atoms with Crippen LogP contribution in [0, 0.1) is 11.7 Å². The number of nitrogens with zero attached hydrogens (tertiary/aromatic N) is 1. The Bertz CT molecular complexity index is 559. The molecule has 1 unspecified atom stereocenters. The van der Waals surface area contributed by atoms with E-state index in [4.69, 9.17) is 10.8 Å². The first-order valence-corrected chi connectivity index (χ1v) is 5.81. The normalized spacial score (nSPS) is 12.6. The van der Waals surface area contributed by atoms with E-state index in [-0.39, 0.29) is 12.5 Å². The number of aliphatic hydroxyl groups excluding tert-OH is 1. The number of aliphatic hydroxyl groups is 1. The van der Waals surface area contributed by atoms with Crippen molar-refractivity contribution in [1.82, 2.24) is 4.98 Å². The summed E-state index contributed by atoms with van der Waals surface area (Å²) in [7, 11) is 0. The number of fused-ring (bicyclic) bond motifs is 1. The average Bonchev–Trinajstić information content (AvgIpc) is 2.38. The molecule has 2 aromatic rings. The summed E-state index contributed by atoms with van der Waals surface area (Å²) in [6.07, 6.45) is 1.60. The lowest BCUT2D eigenvalue weighted by Gasteiger charge is -2.14. The van der Waals surface area contributed by atoms with Crippen LogP contribution in [-0.4, -0.2) is 23.2 Å². The second kappa shape index (κ2) is 5.18. The van der Waals surface area contributed by atoms with E-state index in [1.807, 2.05) is 6.92 Å². The number of halogens is 1. The molecular weight excluding hydrogens is 233 g/mol. The molecule has 0 amide bonds. The van der Waals surface area contributed by atoms with Crippen molar-refractivity contribution in [2.45, 2.75) is 6.92 Å². The lowest BCUT2D eigenvalue weighted by atomic mass is 10.1. The Morgan fingerprint density at radius 2 is 2.33 bits per heavy atom. The third-order valence-electron chi connectivity index (χ3n) is 2.82. The fourth-order valence-corrected chi connectivity index (χ4v) is 1.75. The molecule has 96 valence electrons. The molecule has 1 heterocycles. The van der Waals surface area contributed by atoms with Crippen LogP contribution in [0.3, 0.4) is 0 Å². The van der Waals surface area contributed by atoms with Crippen molar-refractivity contribution in [3.8, 4) is 0 Å². The molecule has 1 aromatic heterocycles. The number of aromatic nitrogens is 1. The van der Waals surface area contributed by atoms with Crippen LogP contribution in [0.4, 0.5) is 15.8 Å². The van der Waals surface area contributed by atoms with Gasteiger partial charge in [0, 0.05) is 30.4 Å². The monoisotopic (exact) mass is 249 g/mol. The number of anilines is 2. The summed E-state index contributed by atoms with van der Waals surface area (Å²) in [6.45, 7) is 2.40. The summed E-state index contributed by atoms with van der Waals surface area (Å²) >= 11 is 0. The molecule has 0 aliphatic rings. The maximum absolute atomic E-state index is 13.9. The van der Waals surface area contributed by atoms with Crippen LogP contribution in [0.2, 0.25) is 0 Å². The van der Waals surface area contributed by atoms with E-state index in [1.54, 1.807) is 18.3 Å². The molecule has 0 spiro atoms. The molecule has 2 rings (SSSR count). The third-order valence-corrected chi connectivity index (χ3v) is 2.82. The summed E-state index contributed by atoms with van der Waals surface area (Å²) in [4.78, 5) is 4.16. The number of pyridine rings is 1.